The lowest BCUT2D eigenvalue weighted by molar-refractivity contribution is -0.129. The van der Waals surface area contributed by atoms with Crippen molar-refractivity contribution < 1.29 is 19.2 Å². The summed E-state index contributed by atoms with van der Waals surface area (Å²) in [6, 6.07) is 19.2. The van der Waals surface area contributed by atoms with Gasteiger partial charge in [-0.05, 0) is 106 Å². The van der Waals surface area contributed by atoms with Gasteiger partial charge in [0.05, 0.1) is 23.6 Å². The Kier molecular flexibility index (Phi) is 12.1. The predicted molar refractivity (Wildman–Crippen MR) is 233 cm³/mol. The Bertz CT molecular complexity index is 2300. The SMILES string of the molecule is C[C@@H]1CCC[C@H](C)N1c1nnc2ccc(O[C@@H]3CC[C@H](NC(=O)N(OC=O)c4cc(C(C)(C)C)nn4-c4ccc(Cl)c(CCN5CCN(C)CC5)c4)c4ccccc43)cn12. The summed E-state index contributed by atoms with van der Waals surface area (Å²) < 4.78 is 10.4. The number of ether oxygens (including phenoxy) is 1. The number of urea groups is 1. The van der Waals surface area contributed by atoms with E-state index < -0.39 is 6.03 Å². The summed E-state index contributed by atoms with van der Waals surface area (Å²) in [6.45, 7) is 15.9. The van der Waals surface area contributed by atoms with E-state index in [9.17, 15) is 9.59 Å². The average molecular weight is 837 g/mol. The van der Waals surface area contributed by atoms with Gasteiger partial charge in [0.1, 0.15) is 11.9 Å². The van der Waals surface area contributed by atoms with Crippen molar-refractivity contribution in [2.75, 3.05) is 49.7 Å². The van der Waals surface area contributed by atoms with Crippen molar-refractivity contribution in [1.82, 2.24) is 39.5 Å². The topological polar surface area (TPSA) is 126 Å². The van der Waals surface area contributed by atoms with Crippen LogP contribution in [0.15, 0.2) is 66.9 Å². The van der Waals surface area contributed by atoms with Gasteiger partial charge >= 0.3 is 12.5 Å². The zero-order valence-corrected chi connectivity index (χ0v) is 36.3. The van der Waals surface area contributed by atoms with Gasteiger partial charge in [-0.1, -0.05) is 56.6 Å². The molecule has 0 radical (unpaired) electrons. The Labute approximate surface area is 357 Å². The van der Waals surface area contributed by atoms with Gasteiger partial charge in [0.15, 0.2) is 11.5 Å². The van der Waals surface area contributed by atoms with Gasteiger partial charge < -0.3 is 29.6 Å². The number of pyridine rings is 1. The molecule has 2 aliphatic heterocycles. The third-order valence-corrected chi connectivity index (χ3v) is 12.7. The van der Waals surface area contributed by atoms with Crippen molar-refractivity contribution in [1.29, 1.82) is 0 Å². The van der Waals surface area contributed by atoms with Crippen molar-refractivity contribution in [3.05, 3.63) is 94.3 Å². The summed E-state index contributed by atoms with van der Waals surface area (Å²) in [5.74, 6) is 1.83. The first-order chi connectivity index (χ1) is 28.9. The predicted octanol–water partition coefficient (Wildman–Crippen LogP) is 7.68. The molecule has 15 heteroatoms. The van der Waals surface area contributed by atoms with Gasteiger partial charge in [0.25, 0.3) is 0 Å². The number of aromatic nitrogens is 5. The second-order valence-electron chi connectivity index (χ2n) is 17.7. The van der Waals surface area contributed by atoms with Crippen LogP contribution in [0.4, 0.5) is 16.6 Å². The molecule has 2 saturated heterocycles. The molecule has 2 amide bonds. The molecule has 0 spiro atoms. The standard InChI is InChI=1S/C45H57ClN10O4/c1-30-10-9-11-31(2)54(30)43-49-48-41-19-15-34(28-53(41)43)60-39-18-17-38(35-12-7-8-13-36(35)39)47-44(58)56(59-29-57)42-27-40(45(3,4)5)50-55(42)33-14-16-37(46)32(26-33)20-21-52-24-22-51(6)23-25-52/h7-8,12-16,19,26-31,38-39H,9-11,17-18,20-25H2,1-6H3,(H,47,58)/t30-,31+,38-,39+/m0/s1. The molecule has 60 heavy (non-hydrogen) atoms. The number of carbonyl (C=O) groups excluding carboxylic acids is 2. The number of anilines is 2. The highest BCUT2D eigenvalue weighted by Crippen LogP contribution is 2.40. The van der Waals surface area contributed by atoms with E-state index in [2.05, 4.69) is 51.1 Å². The maximum atomic E-state index is 14.4. The van der Waals surface area contributed by atoms with E-state index in [1.54, 1.807) is 10.7 Å². The van der Waals surface area contributed by atoms with Crippen LogP contribution in [-0.4, -0.2) is 98.5 Å². The number of benzene rings is 2. The Morgan fingerprint density at radius 2 is 1.70 bits per heavy atom. The first-order valence-corrected chi connectivity index (χ1v) is 21.7. The van der Waals surface area contributed by atoms with Gasteiger partial charge in [0, 0.05) is 61.3 Å². The maximum Gasteiger partial charge on any atom is 0.357 e. The van der Waals surface area contributed by atoms with E-state index in [0.29, 0.717) is 47.2 Å². The van der Waals surface area contributed by atoms with Crippen LogP contribution in [0.25, 0.3) is 11.3 Å². The lowest BCUT2D eigenvalue weighted by Crippen LogP contribution is -2.45. The minimum atomic E-state index is -0.598. The lowest BCUT2D eigenvalue weighted by Gasteiger charge is -2.39. The first kappa shape index (κ1) is 41.5. The largest absolute Gasteiger partial charge is 0.484 e. The Hall–Kier alpha value is -5.18. The van der Waals surface area contributed by atoms with E-state index >= 15 is 0 Å². The molecule has 14 nitrogen and oxygen atoms in total. The normalized spacial score (nSPS) is 21.4. The molecule has 318 valence electrons. The number of halogens is 1. The quantitative estimate of drug-likeness (QED) is 0.105. The van der Waals surface area contributed by atoms with E-state index in [4.69, 9.17) is 26.3 Å². The van der Waals surface area contributed by atoms with Crippen LogP contribution in [0.1, 0.15) is 101 Å². The highest BCUT2D eigenvalue weighted by Gasteiger charge is 2.34. The summed E-state index contributed by atoms with van der Waals surface area (Å²) in [5, 5.41) is 18.9. The lowest BCUT2D eigenvalue weighted by atomic mass is 9.85. The highest BCUT2D eigenvalue weighted by molar-refractivity contribution is 6.31. The molecule has 0 saturated carbocycles. The van der Waals surface area contributed by atoms with Crippen LogP contribution >= 0.6 is 11.6 Å². The summed E-state index contributed by atoms with van der Waals surface area (Å²) in [7, 11) is 2.15. The summed E-state index contributed by atoms with van der Waals surface area (Å²) >= 11 is 6.75. The molecule has 1 N–H and O–H groups in total. The van der Waals surface area contributed by atoms with Crippen LogP contribution in [-0.2, 0) is 21.5 Å². The fraction of sp³-hybridized carbons (Fsp3) is 0.489. The Morgan fingerprint density at radius 3 is 2.43 bits per heavy atom. The van der Waals surface area contributed by atoms with E-state index in [1.165, 1.54) is 6.42 Å². The number of piperidine rings is 1. The second kappa shape index (κ2) is 17.4. The Morgan fingerprint density at radius 1 is 0.950 bits per heavy atom. The van der Waals surface area contributed by atoms with Gasteiger partial charge in [-0.15, -0.1) is 15.3 Å². The van der Waals surface area contributed by atoms with Crippen LogP contribution < -0.4 is 20.0 Å². The smallest absolute Gasteiger partial charge is 0.357 e. The second-order valence-corrected chi connectivity index (χ2v) is 18.1. The molecule has 5 aromatic rings. The number of nitrogens with zero attached hydrogens (tertiary/aromatic N) is 9. The third-order valence-electron chi connectivity index (χ3n) is 12.4. The molecule has 3 aliphatic rings. The number of hydrogen-bond donors (Lipinski definition) is 1. The molecule has 2 fully saturated rings. The van der Waals surface area contributed by atoms with Crippen molar-refractivity contribution >= 4 is 41.5 Å². The molecule has 2 aromatic carbocycles. The van der Waals surface area contributed by atoms with Crippen LogP contribution in [0.3, 0.4) is 0 Å². The van der Waals surface area contributed by atoms with Crippen LogP contribution in [0, 0.1) is 0 Å². The molecule has 1 aliphatic carbocycles. The minimum absolute atomic E-state index is 0.256. The number of fused-ring (bicyclic) bond motifs is 2. The van der Waals surface area contributed by atoms with Crippen LogP contribution in [0.2, 0.25) is 5.02 Å². The molecule has 0 bridgehead atoms. The Balaban J connectivity index is 1.03. The van der Waals surface area contributed by atoms with Crippen molar-refractivity contribution in [3.8, 4) is 11.4 Å². The van der Waals surface area contributed by atoms with Crippen molar-refractivity contribution in [3.63, 3.8) is 0 Å². The van der Waals surface area contributed by atoms with E-state index in [1.807, 2.05) is 86.0 Å². The van der Waals surface area contributed by atoms with Crippen molar-refractivity contribution in [2.45, 2.75) is 103 Å². The highest BCUT2D eigenvalue weighted by atomic mass is 35.5. The molecule has 0 unspecified atom stereocenters. The number of hydrogen-bond acceptors (Lipinski definition) is 10. The molecule has 8 rings (SSSR count). The average Bonchev–Trinajstić information content (AvgIpc) is 3.86. The van der Waals surface area contributed by atoms with Gasteiger partial charge in [0.2, 0.25) is 5.95 Å². The number of likely N-dealkylation sites (N-methyl/N-ethyl adjacent to an activating group) is 1. The van der Waals surface area contributed by atoms with E-state index in [-0.39, 0.29) is 24.0 Å². The monoisotopic (exact) mass is 836 g/mol. The zero-order valence-electron chi connectivity index (χ0n) is 35.6. The van der Waals surface area contributed by atoms with Gasteiger partial charge in [-0.25, -0.2) is 9.48 Å². The molecule has 3 aromatic heterocycles. The summed E-state index contributed by atoms with van der Waals surface area (Å²) in [5.41, 5.74) is 4.70. The fourth-order valence-corrected chi connectivity index (χ4v) is 9.08. The maximum absolute atomic E-state index is 14.4. The number of amides is 2. The van der Waals surface area contributed by atoms with Crippen LogP contribution in [0.5, 0.6) is 5.75 Å². The number of carbonyl (C=O) groups is 2. The number of hydroxylamine groups is 1. The number of piperazine rings is 1. The zero-order chi connectivity index (χ0) is 42.1. The summed E-state index contributed by atoms with van der Waals surface area (Å²) in [4.78, 5) is 39.1. The number of nitrogens with one attached hydrogen (secondary N) is 1. The van der Waals surface area contributed by atoms with E-state index in [0.717, 1.165) is 91.0 Å². The molecular weight excluding hydrogens is 780 g/mol. The third kappa shape index (κ3) is 8.68. The number of rotatable bonds is 11. The summed E-state index contributed by atoms with van der Waals surface area (Å²) in [6.07, 6.45) is 7.15. The molecule has 5 heterocycles. The van der Waals surface area contributed by atoms with Gasteiger partial charge in [-0.3, -0.25) is 9.20 Å². The minimum Gasteiger partial charge on any atom is -0.484 e. The fourth-order valence-electron chi connectivity index (χ4n) is 8.87. The first-order valence-electron chi connectivity index (χ1n) is 21.3. The molecule has 4 atom stereocenters. The van der Waals surface area contributed by atoms with Gasteiger partial charge in [-0.2, -0.15) is 5.10 Å². The van der Waals surface area contributed by atoms with Crippen molar-refractivity contribution in [2.24, 2.45) is 0 Å². The molecular formula is C45H57ClN10O4.